The van der Waals surface area contributed by atoms with Crippen LogP contribution in [0.15, 0.2) is 30.6 Å². The third kappa shape index (κ3) is 4.52. The van der Waals surface area contributed by atoms with E-state index in [0.29, 0.717) is 49.8 Å². The van der Waals surface area contributed by atoms with Crippen LogP contribution in [0.5, 0.6) is 5.75 Å². The van der Waals surface area contributed by atoms with Crippen molar-refractivity contribution in [1.82, 2.24) is 24.9 Å². The molecule has 0 bridgehead atoms. The molecule has 5 rings (SSSR count). The van der Waals surface area contributed by atoms with Gasteiger partial charge in [0.05, 0.1) is 18.9 Å². The molecule has 1 N–H and O–H groups in total. The molecule has 4 heterocycles. The lowest BCUT2D eigenvalue weighted by Gasteiger charge is -2.13. The molecule has 0 aliphatic heterocycles. The number of hydrogen-bond donors (Lipinski definition) is 1. The lowest BCUT2D eigenvalue weighted by atomic mass is 10.0. The van der Waals surface area contributed by atoms with Crippen molar-refractivity contribution in [3.8, 4) is 28.8 Å². The van der Waals surface area contributed by atoms with Crippen molar-refractivity contribution >= 4 is 32.9 Å². The molecule has 9 heteroatoms. The van der Waals surface area contributed by atoms with Crippen LogP contribution in [0.2, 0.25) is 0 Å². The Morgan fingerprint density at radius 3 is 2.76 bits per heavy atom. The van der Waals surface area contributed by atoms with Gasteiger partial charge < -0.3 is 4.74 Å². The van der Waals surface area contributed by atoms with E-state index >= 15 is 0 Å². The standard InChI is InChI=1S/C24H20N6O2S/c1-13-4-9-19(32-3)20(27-13)17-10-14(2)25-12-18(17)22(31)30-24-29-21-23(33-24)28-16(11-26-21)8-7-15-5-6-15/h4,9-12,15H,5-6H2,1-3H3,(H,26,29,30,31). The van der Waals surface area contributed by atoms with Gasteiger partial charge in [0, 0.05) is 29.1 Å². The molecule has 8 nitrogen and oxygen atoms in total. The monoisotopic (exact) mass is 456 g/mol. The molecule has 0 radical (unpaired) electrons. The number of amides is 1. The number of methoxy groups -OCH3 is 1. The minimum atomic E-state index is -0.351. The molecule has 0 unspecified atom stereocenters. The average Bonchev–Trinajstić information content (AvgIpc) is 3.55. The Bertz CT molecular complexity index is 1450. The van der Waals surface area contributed by atoms with Crippen molar-refractivity contribution in [1.29, 1.82) is 0 Å². The first-order valence-corrected chi connectivity index (χ1v) is 11.3. The van der Waals surface area contributed by atoms with E-state index in [0.717, 1.165) is 24.2 Å². The van der Waals surface area contributed by atoms with Gasteiger partial charge in [-0.3, -0.25) is 15.1 Å². The number of nitrogens with one attached hydrogen (secondary N) is 1. The highest BCUT2D eigenvalue weighted by Crippen LogP contribution is 2.32. The Morgan fingerprint density at radius 2 is 1.97 bits per heavy atom. The second kappa shape index (κ2) is 8.56. The van der Waals surface area contributed by atoms with Gasteiger partial charge in [0.15, 0.2) is 15.6 Å². The van der Waals surface area contributed by atoms with E-state index in [1.807, 2.05) is 32.0 Å². The van der Waals surface area contributed by atoms with E-state index in [-0.39, 0.29) is 5.91 Å². The van der Waals surface area contributed by atoms with Gasteiger partial charge in [-0.15, -0.1) is 0 Å². The molecule has 33 heavy (non-hydrogen) atoms. The molecule has 0 atom stereocenters. The van der Waals surface area contributed by atoms with Gasteiger partial charge in [0.1, 0.15) is 17.1 Å². The summed E-state index contributed by atoms with van der Waals surface area (Å²) in [6.45, 7) is 3.75. The van der Waals surface area contributed by atoms with Crippen LogP contribution in [0.25, 0.3) is 21.7 Å². The van der Waals surface area contributed by atoms with Crippen molar-refractivity contribution in [2.24, 2.45) is 5.92 Å². The molecule has 1 saturated carbocycles. The summed E-state index contributed by atoms with van der Waals surface area (Å²) in [7, 11) is 1.58. The van der Waals surface area contributed by atoms with E-state index in [1.165, 1.54) is 11.3 Å². The van der Waals surface area contributed by atoms with E-state index in [2.05, 4.69) is 42.1 Å². The van der Waals surface area contributed by atoms with Crippen LogP contribution in [0.1, 0.15) is 40.3 Å². The minimum absolute atomic E-state index is 0.351. The van der Waals surface area contributed by atoms with Crippen molar-refractivity contribution in [2.75, 3.05) is 12.4 Å². The van der Waals surface area contributed by atoms with E-state index < -0.39 is 0 Å². The number of carbonyl (C=O) groups excluding carboxylic acids is 1. The van der Waals surface area contributed by atoms with Gasteiger partial charge in [-0.05, 0) is 50.8 Å². The maximum atomic E-state index is 13.2. The fraction of sp³-hybridized carbons (Fsp3) is 0.250. The highest BCUT2D eigenvalue weighted by Gasteiger charge is 2.20. The zero-order valence-electron chi connectivity index (χ0n) is 18.3. The second-order valence-corrected chi connectivity index (χ2v) is 8.75. The number of hydrogen-bond acceptors (Lipinski definition) is 8. The van der Waals surface area contributed by atoms with Gasteiger partial charge in [-0.2, -0.15) is 4.98 Å². The quantitative estimate of drug-likeness (QED) is 0.460. The zero-order chi connectivity index (χ0) is 22.9. The zero-order valence-corrected chi connectivity index (χ0v) is 19.2. The Balaban J connectivity index is 1.46. The molecule has 0 saturated heterocycles. The smallest absolute Gasteiger partial charge is 0.259 e. The molecule has 1 aliphatic rings. The van der Waals surface area contributed by atoms with Crippen molar-refractivity contribution in [3.05, 3.63) is 53.2 Å². The summed E-state index contributed by atoms with van der Waals surface area (Å²) in [5.74, 6) is 6.95. The first kappa shape index (κ1) is 21.0. The molecule has 0 spiro atoms. The van der Waals surface area contributed by atoms with Gasteiger partial charge >= 0.3 is 0 Å². The number of pyridine rings is 2. The normalized spacial score (nSPS) is 12.8. The number of rotatable bonds is 4. The number of anilines is 1. The first-order chi connectivity index (χ1) is 16.0. The van der Waals surface area contributed by atoms with Crippen LogP contribution in [0.4, 0.5) is 5.13 Å². The number of aromatic nitrogens is 5. The van der Waals surface area contributed by atoms with E-state index in [1.54, 1.807) is 19.5 Å². The van der Waals surface area contributed by atoms with Crippen molar-refractivity contribution in [2.45, 2.75) is 26.7 Å². The molecule has 1 fully saturated rings. The summed E-state index contributed by atoms with van der Waals surface area (Å²) >= 11 is 1.25. The van der Waals surface area contributed by atoms with Crippen LogP contribution >= 0.6 is 11.3 Å². The summed E-state index contributed by atoms with van der Waals surface area (Å²) in [5.41, 5.74) is 4.24. The van der Waals surface area contributed by atoms with Crippen LogP contribution in [0, 0.1) is 31.6 Å². The van der Waals surface area contributed by atoms with Gasteiger partial charge in [0.2, 0.25) is 0 Å². The SMILES string of the molecule is COc1ccc(C)nc1-c1cc(C)ncc1C(=O)Nc1nc2ncc(C#CC3CC3)nc2s1. The van der Waals surface area contributed by atoms with Gasteiger partial charge in [0.25, 0.3) is 5.91 Å². The molecule has 1 aliphatic carbocycles. The number of fused-ring (bicyclic) bond motifs is 1. The molecule has 1 amide bonds. The summed E-state index contributed by atoms with van der Waals surface area (Å²) < 4.78 is 5.48. The van der Waals surface area contributed by atoms with E-state index in [9.17, 15) is 4.79 Å². The molecule has 164 valence electrons. The van der Waals surface area contributed by atoms with Crippen molar-refractivity contribution < 1.29 is 9.53 Å². The maximum Gasteiger partial charge on any atom is 0.259 e. The summed E-state index contributed by atoms with van der Waals surface area (Å²) in [5, 5.41) is 3.25. The average molecular weight is 457 g/mol. The Kier molecular flexibility index (Phi) is 5.44. The highest BCUT2D eigenvalue weighted by molar-refractivity contribution is 7.21. The van der Waals surface area contributed by atoms with Gasteiger partial charge in [-0.25, -0.2) is 15.0 Å². The van der Waals surface area contributed by atoms with Crippen LogP contribution in [-0.2, 0) is 0 Å². The molecule has 4 aromatic rings. The number of aryl methyl sites for hydroxylation is 2. The number of thiazole rings is 1. The molecule has 0 aromatic carbocycles. The third-order valence-electron chi connectivity index (χ3n) is 5.08. The lowest BCUT2D eigenvalue weighted by molar-refractivity contribution is 0.102. The summed E-state index contributed by atoms with van der Waals surface area (Å²) in [6.07, 6.45) is 5.46. The van der Waals surface area contributed by atoms with Crippen molar-refractivity contribution in [3.63, 3.8) is 0 Å². The number of ether oxygens (including phenoxy) is 1. The van der Waals surface area contributed by atoms with Crippen LogP contribution in [0.3, 0.4) is 0 Å². The predicted molar refractivity (Wildman–Crippen MR) is 126 cm³/mol. The number of nitrogens with zero attached hydrogens (tertiary/aromatic N) is 5. The summed E-state index contributed by atoms with van der Waals surface area (Å²) in [4.78, 5) is 36.0. The van der Waals surface area contributed by atoms with Crippen LogP contribution < -0.4 is 10.1 Å². The topological polar surface area (TPSA) is 103 Å². The van der Waals surface area contributed by atoms with E-state index in [4.69, 9.17) is 4.74 Å². The molecular formula is C24H20N6O2S. The lowest BCUT2D eigenvalue weighted by Crippen LogP contribution is -2.14. The Hall–Kier alpha value is -3.90. The Morgan fingerprint density at radius 1 is 1.12 bits per heavy atom. The largest absolute Gasteiger partial charge is 0.494 e. The predicted octanol–water partition coefficient (Wildman–Crippen LogP) is 4.18. The van der Waals surface area contributed by atoms with Crippen LogP contribution in [-0.4, -0.2) is 37.9 Å². The Labute approximate surface area is 194 Å². The second-order valence-electron chi connectivity index (χ2n) is 7.78. The molecule has 4 aromatic heterocycles. The minimum Gasteiger partial charge on any atom is -0.494 e. The fourth-order valence-electron chi connectivity index (χ4n) is 3.24. The summed E-state index contributed by atoms with van der Waals surface area (Å²) in [6, 6.07) is 5.52. The number of carbonyl (C=O) groups is 1. The first-order valence-electron chi connectivity index (χ1n) is 10.5. The maximum absolute atomic E-state index is 13.2. The fourth-order valence-corrected chi connectivity index (χ4v) is 4.03. The third-order valence-corrected chi connectivity index (χ3v) is 5.94. The highest BCUT2D eigenvalue weighted by atomic mass is 32.1. The van der Waals surface area contributed by atoms with Gasteiger partial charge in [-0.1, -0.05) is 17.3 Å². The molecular weight excluding hydrogens is 436 g/mol.